The Morgan fingerprint density at radius 1 is 0.667 bits per heavy atom. The third-order valence-corrected chi connectivity index (χ3v) is 5.55. The third kappa shape index (κ3) is 2.52. The summed E-state index contributed by atoms with van der Waals surface area (Å²) >= 11 is 4.92. The van der Waals surface area contributed by atoms with Gasteiger partial charge in [0.25, 0.3) is 0 Å². The van der Waals surface area contributed by atoms with E-state index in [0.717, 1.165) is 14.3 Å². The average Bonchev–Trinajstić information content (AvgIpc) is 2.61. The molecule has 1 aliphatic rings. The van der Waals surface area contributed by atoms with Gasteiger partial charge in [-0.05, 0) is 30.3 Å². The van der Waals surface area contributed by atoms with Crippen molar-refractivity contribution in [3.63, 3.8) is 0 Å². The van der Waals surface area contributed by atoms with Gasteiger partial charge in [-0.2, -0.15) is 0 Å². The van der Waals surface area contributed by atoms with Gasteiger partial charge in [0.2, 0.25) is 0 Å². The summed E-state index contributed by atoms with van der Waals surface area (Å²) in [6.45, 7) is 0. The summed E-state index contributed by atoms with van der Waals surface area (Å²) < 4.78 is 1.00. The van der Waals surface area contributed by atoms with E-state index in [4.69, 9.17) is 0 Å². The highest BCUT2D eigenvalue weighted by Crippen LogP contribution is 2.37. The Labute approximate surface area is 152 Å². The van der Waals surface area contributed by atoms with Crippen LogP contribution in [-0.2, 0) is 0 Å². The molecule has 0 aromatic heterocycles. The second kappa shape index (κ2) is 6.04. The number of carbonyl (C=O) groups excluding carboxylic acids is 2. The van der Waals surface area contributed by atoms with Crippen LogP contribution in [-0.4, -0.2) is 11.6 Å². The molecular weight excluding hydrogens is 384 g/mol. The molecule has 0 radical (unpaired) electrons. The minimum Gasteiger partial charge on any atom is -0.289 e. The Kier molecular flexibility index (Phi) is 3.87. The van der Waals surface area contributed by atoms with Gasteiger partial charge in [-0.15, -0.1) is 0 Å². The maximum absolute atomic E-state index is 12.9. The van der Waals surface area contributed by atoms with Crippen LogP contribution in [0.5, 0.6) is 0 Å². The highest BCUT2D eigenvalue weighted by Gasteiger charge is 2.31. The van der Waals surface area contributed by atoms with E-state index >= 15 is 0 Å². The van der Waals surface area contributed by atoms with Crippen molar-refractivity contribution in [2.75, 3.05) is 0 Å². The van der Waals surface area contributed by atoms with Gasteiger partial charge in [0.15, 0.2) is 11.6 Å². The smallest absolute Gasteiger partial charge is 0.195 e. The summed E-state index contributed by atoms with van der Waals surface area (Å²) in [5, 5.41) is 0. The molecule has 116 valence electrons. The zero-order chi connectivity index (χ0) is 16.7. The monoisotopic (exact) mass is 394 g/mol. The van der Waals surface area contributed by atoms with E-state index < -0.39 is 0 Å². The molecule has 0 heterocycles. The molecule has 4 rings (SSSR count). The first kappa shape index (κ1) is 15.4. The molecule has 2 nitrogen and oxygen atoms in total. The van der Waals surface area contributed by atoms with E-state index in [0.29, 0.717) is 22.3 Å². The predicted molar refractivity (Wildman–Crippen MR) is 98.0 cm³/mol. The van der Waals surface area contributed by atoms with Crippen molar-refractivity contribution in [2.45, 2.75) is 9.79 Å². The Bertz CT molecular complexity index is 977. The Morgan fingerprint density at radius 2 is 1.29 bits per heavy atom. The lowest BCUT2D eigenvalue weighted by molar-refractivity contribution is 0.0977. The van der Waals surface area contributed by atoms with E-state index in [1.807, 2.05) is 36.4 Å². The average molecular weight is 395 g/mol. The fourth-order valence-corrected chi connectivity index (χ4v) is 4.07. The summed E-state index contributed by atoms with van der Waals surface area (Å²) in [6.07, 6.45) is 0. The van der Waals surface area contributed by atoms with Crippen molar-refractivity contribution in [2.24, 2.45) is 0 Å². The number of rotatable bonds is 2. The van der Waals surface area contributed by atoms with Crippen LogP contribution >= 0.6 is 27.7 Å². The van der Waals surface area contributed by atoms with Crippen molar-refractivity contribution in [3.05, 3.63) is 93.5 Å². The molecule has 0 bridgehead atoms. The molecule has 0 fully saturated rings. The standard InChI is InChI=1S/C20H11BrO2S/c21-12-8-10-13(11-9-12)24-17-7-3-6-16-18(17)20(23)15-5-2-1-4-14(15)19(16)22/h1-11H. The van der Waals surface area contributed by atoms with E-state index in [1.165, 1.54) is 11.8 Å². The quantitative estimate of drug-likeness (QED) is 0.457. The maximum atomic E-state index is 12.9. The van der Waals surface area contributed by atoms with Crippen molar-refractivity contribution >= 4 is 39.3 Å². The van der Waals surface area contributed by atoms with Crippen molar-refractivity contribution in [1.29, 1.82) is 0 Å². The van der Waals surface area contributed by atoms with Gasteiger partial charge in [0.1, 0.15) is 0 Å². The highest BCUT2D eigenvalue weighted by molar-refractivity contribution is 9.10. The third-order valence-electron chi connectivity index (χ3n) is 3.96. The van der Waals surface area contributed by atoms with Gasteiger partial charge < -0.3 is 0 Å². The molecule has 0 unspecified atom stereocenters. The van der Waals surface area contributed by atoms with Gasteiger partial charge in [0.05, 0.1) is 0 Å². The second-order valence-electron chi connectivity index (χ2n) is 5.44. The van der Waals surface area contributed by atoms with Crippen LogP contribution in [0.4, 0.5) is 0 Å². The molecule has 1 aliphatic carbocycles. The molecule has 0 amide bonds. The summed E-state index contributed by atoms with van der Waals surface area (Å²) in [4.78, 5) is 27.5. The molecule has 0 saturated carbocycles. The minimum absolute atomic E-state index is 0.0830. The fraction of sp³-hybridized carbons (Fsp3) is 0. The summed E-state index contributed by atoms with van der Waals surface area (Å²) in [6, 6.07) is 20.4. The lowest BCUT2D eigenvalue weighted by Gasteiger charge is -2.19. The van der Waals surface area contributed by atoms with Crippen LogP contribution in [0, 0.1) is 0 Å². The first-order valence-electron chi connectivity index (χ1n) is 7.40. The number of benzene rings is 3. The molecule has 0 saturated heterocycles. The molecule has 0 aliphatic heterocycles. The summed E-state index contributed by atoms with van der Waals surface area (Å²) in [7, 11) is 0. The van der Waals surface area contributed by atoms with Crippen LogP contribution in [0.2, 0.25) is 0 Å². The van der Waals surface area contributed by atoms with E-state index in [-0.39, 0.29) is 11.6 Å². The fourth-order valence-electron chi connectivity index (χ4n) is 2.83. The van der Waals surface area contributed by atoms with E-state index in [1.54, 1.807) is 30.3 Å². The van der Waals surface area contributed by atoms with Crippen molar-refractivity contribution < 1.29 is 9.59 Å². The molecule has 0 spiro atoms. The number of hydrogen-bond donors (Lipinski definition) is 0. The van der Waals surface area contributed by atoms with Crippen molar-refractivity contribution in [3.8, 4) is 0 Å². The summed E-state index contributed by atoms with van der Waals surface area (Å²) in [5.41, 5.74) is 1.97. The van der Waals surface area contributed by atoms with E-state index in [2.05, 4.69) is 15.9 Å². The molecular formula is C20H11BrO2S. The SMILES string of the molecule is O=C1c2ccccc2C(=O)c2c(Sc3ccc(Br)cc3)cccc21. The number of halogens is 1. The lowest BCUT2D eigenvalue weighted by Crippen LogP contribution is -2.21. The van der Waals surface area contributed by atoms with Crippen LogP contribution in [0.1, 0.15) is 31.8 Å². The first-order chi connectivity index (χ1) is 11.6. The number of hydrogen-bond acceptors (Lipinski definition) is 3. The van der Waals surface area contributed by atoms with Gasteiger partial charge in [-0.1, -0.05) is 64.1 Å². The van der Waals surface area contributed by atoms with Gasteiger partial charge >= 0.3 is 0 Å². The topological polar surface area (TPSA) is 34.1 Å². The maximum Gasteiger partial charge on any atom is 0.195 e. The molecule has 4 heteroatoms. The van der Waals surface area contributed by atoms with Crippen LogP contribution in [0.15, 0.2) is 81.0 Å². The van der Waals surface area contributed by atoms with E-state index in [9.17, 15) is 9.59 Å². The second-order valence-corrected chi connectivity index (χ2v) is 7.47. The molecule has 0 atom stereocenters. The van der Waals surface area contributed by atoms with Crippen LogP contribution < -0.4 is 0 Å². The Morgan fingerprint density at radius 3 is 2.00 bits per heavy atom. The number of carbonyl (C=O) groups is 2. The predicted octanol–water partition coefficient (Wildman–Crippen LogP) is 5.38. The largest absolute Gasteiger partial charge is 0.289 e. The lowest BCUT2D eigenvalue weighted by atomic mass is 9.84. The minimum atomic E-state index is -0.0848. The Balaban J connectivity index is 1.83. The highest BCUT2D eigenvalue weighted by atomic mass is 79.9. The van der Waals surface area contributed by atoms with Gasteiger partial charge in [-0.25, -0.2) is 0 Å². The van der Waals surface area contributed by atoms with Gasteiger partial charge in [-0.3, -0.25) is 9.59 Å². The molecule has 0 N–H and O–H groups in total. The summed E-state index contributed by atoms with van der Waals surface area (Å²) in [5.74, 6) is -0.168. The van der Waals surface area contributed by atoms with Crippen LogP contribution in [0.25, 0.3) is 0 Å². The van der Waals surface area contributed by atoms with Crippen LogP contribution in [0.3, 0.4) is 0 Å². The van der Waals surface area contributed by atoms with Crippen molar-refractivity contribution in [1.82, 2.24) is 0 Å². The molecule has 3 aromatic carbocycles. The number of ketones is 2. The Hall–Kier alpha value is -2.17. The molecule has 3 aromatic rings. The normalized spacial score (nSPS) is 12.7. The number of fused-ring (bicyclic) bond motifs is 2. The first-order valence-corrected chi connectivity index (χ1v) is 9.01. The molecule has 24 heavy (non-hydrogen) atoms. The van der Waals surface area contributed by atoms with Gasteiger partial charge in [0, 0.05) is 36.5 Å². The zero-order valence-corrected chi connectivity index (χ0v) is 14.9. The zero-order valence-electron chi connectivity index (χ0n) is 12.5.